The molecule has 180 valence electrons. The zero-order valence-corrected chi connectivity index (χ0v) is 20.7. The highest BCUT2D eigenvalue weighted by molar-refractivity contribution is 7.47. The maximum atomic E-state index is 12.0. The molecule has 0 radical (unpaired) electrons. The van der Waals surface area contributed by atoms with E-state index < -0.39 is 19.9 Å². The number of unbranched alkanes of at least 4 members (excludes halogenated alkanes) is 8. The summed E-state index contributed by atoms with van der Waals surface area (Å²) in [7, 11) is 1.66. The third kappa shape index (κ3) is 20.8. The lowest BCUT2D eigenvalue weighted by Crippen LogP contribution is -2.37. The smallest absolute Gasteiger partial charge is 0.458 e. The predicted octanol–water partition coefficient (Wildman–Crippen LogP) is 4.31. The van der Waals surface area contributed by atoms with Gasteiger partial charge < -0.3 is 18.9 Å². The van der Waals surface area contributed by atoms with E-state index in [-0.39, 0.29) is 19.8 Å². The van der Waals surface area contributed by atoms with Crippen LogP contribution in [0.25, 0.3) is 0 Å². The Kier molecular flexibility index (Phi) is 16.8. The lowest BCUT2D eigenvalue weighted by molar-refractivity contribution is -0.870. The fourth-order valence-corrected chi connectivity index (χ4v) is 3.47. The second-order valence-corrected chi connectivity index (χ2v) is 10.2. The van der Waals surface area contributed by atoms with Gasteiger partial charge in [0.25, 0.3) is 0 Å². The van der Waals surface area contributed by atoms with Crippen molar-refractivity contribution in [3.63, 3.8) is 0 Å². The second kappa shape index (κ2) is 17.1. The van der Waals surface area contributed by atoms with Crippen LogP contribution in [0.3, 0.4) is 0 Å². The minimum absolute atomic E-state index is 0.0879. The van der Waals surface area contributed by atoms with Gasteiger partial charge in [0.2, 0.25) is 0 Å². The third-order valence-electron chi connectivity index (χ3n) is 4.47. The maximum Gasteiger partial charge on any atom is 0.472 e. The molecule has 0 aromatic rings. The summed E-state index contributed by atoms with van der Waals surface area (Å²) >= 11 is 0. The summed E-state index contributed by atoms with van der Waals surface area (Å²) in [5, 5.41) is 0. The molecule has 0 bridgehead atoms. The number of nitrogens with zero attached hydrogens (tertiary/aromatic N) is 1. The van der Waals surface area contributed by atoms with Crippen molar-refractivity contribution in [1.29, 1.82) is 0 Å². The first-order valence-electron chi connectivity index (χ1n) is 11.2. The number of phosphoric ester groups is 1. The summed E-state index contributed by atoms with van der Waals surface area (Å²) in [4.78, 5) is 21.0. The molecular weight excluding hydrogens is 409 g/mol. The Bertz CT molecular complexity index is 482. The number of carbonyl (C=O) groups excluding carboxylic acids is 1. The van der Waals surface area contributed by atoms with Crippen LogP contribution in [0.5, 0.6) is 0 Å². The van der Waals surface area contributed by atoms with E-state index in [0.29, 0.717) is 17.6 Å². The second-order valence-electron chi connectivity index (χ2n) is 8.75. The Morgan fingerprint density at radius 2 is 1.47 bits per heavy atom. The summed E-state index contributed by atoms with van der Waals surface area (Å²) in [6.45, 7) is 4.58. The van der Waals surface area contributed by atoms with Crippen molar-refractivity contribution >= 4 is 13.8 Å². The molecule has 0 heterocycles. The van der Waals surface area contributed by atoms with E-state index in [1.54, 1.807) is 0 Å². The number of likely N-dealkylation sites (N-methyl/N-ethyl adjacent to an activating group) is 1. The minimum atomic E-state index is -4.20. The molecule has 0 fully saturated rings. The fourth-order valence-electron chi connectivity index (χ4n) is 2.73. The molecule has 0 amide bonds. The monoisotopic (exact) mass is 454 g/mol. The highest BCUT2D eigenvalue weighted by atomic mass is 31.2. The van der Waals surface area contributed by atoms with E-state index in [2.05, 4.69) is 6.92 Å². The van der Waals surface area contributed by atoms with Gasteiger partial charge in [-0.1, -0.05) is 58.3 Å². The van der Waals surface area contributed by atoms with E-state index in [1.165, 1.54) is 51.9 Å². The van der Waals surface area contributed by atoms with E-state index in [0.717, 1.165) is 12.8 Å². The van der Waals surface area contributed by atoms with Crippen LogP contribution in [-0.4, -0.2) is 75.6 Å². The Balaban J connectivity index is 3.97. The van der Waals surface area contributed by atoms with Crippen LogP contribution in [0, 0.1) is 0 Å². The van der Waals surface area contributed by atoms with Crippen molar-refractivity contribution in [2.45, 2.75) is 77.7 Å². The summed E-state index contributed by atoms with van der Waals surface area (Å²) in [5.41, 5.74) is 0. The number of hydrogen-bond donors (Lipinski definition) is 1. The Morgan fingerprint density at radius 1 is 0.900 bits per heavy atom. The molecule has 0 spiro atoms. The van der Waals surface area contributed by atoms with Crippen molar-refractivity contribution in [1.82, 2.24) is 0 Å². The maximum absolute atomic E-state index is 12.0. The average Bonchev–Trinajstić information content (AvgIpc) is 2.62. The lowest BCUT2D eigenvalue weighted by Gasteiger charge is -2.24. The molecule has 0 rings (SSSR count). The number of phosphoric acid groups is 1. The predicted molar refractivity (Wildman–Crippen MR) is 118 cm³/mol. The highest BCUT2D eigenvalue weighted by Gasteiger charge is 2.25. The largest absolute Gasteiger partial charge is 0.472 e. The molecule has 0 aliphatic carbocycles. The van der Waals surface area contributed by atoms with Gasteiger partial charge in [-0.2, -0.15) is 0 Å². The molecule has 0 aliphatic heterocycles. The number of carbonyl (C=O) groups is 1. The van der Waals surface area contributed by atoms with Crippen LogP contribution in [0.15, 0.2) is 0 Å². The van der Waals surface area contributed by atoms with Crippen molar-refractivity contribution in [2.75, 3.05) is 54.1 Å². The van der Waals surface area contributed by atoms with Crippen LogP contribution >= 0.6 is 7.82 Å². The Labute approximate surface area is 183 Å². The molecule has 9 heteroatoms. The SMILES string of the molecule is CCCCCCCCCCCOCC(COP(=O)(O)OCC[N+](C)(C)C)OC(C)=O. The van der Waals surface area contributed by atoms with Crippen molar-refractivity contribution in [2.24, 2.45) is 0 Å². The molecule has 2 unspecified atom stereocenters. The van der Waals surface area contributed by atoms with Crippen LogP contribution in [0.2, 0.25) is 0 Å². The topological polar surface area (TPSA) is 91.3 Å². The molecule has 1 N–H and O–H groups in total. The molecule has 0 aromatic carbocycles. The van der Waals surface area contributed by atoms with Crippen LogP contribution in [-0.2, 0) is 27.9 Å². The normalized spacial score (nSPS) is 15.0. The quantitative estimate of drug-likeness (QED) is 0.127. The van der Waals surface area contributed by atoms with Crippen molar-refractivity contribution < 1.29 is 37.3 Å². The van der Waals surface area contributed by atoms with Gasteiger partial charge in [-0.25, -0.2) is 4.57 Å². The van der Waals surface area contributed by atoms with Gasteiger partial charge in [0, 0.05) is 13.5 Å². The van der Waals surface area contributed by atoms with Crippen molar-refractivity contribution in [3.05, 3.63) is 0 Å². The van der Waals surface area contributed by atoms with Gasteiger partial charge in [-0.15, -0.1) is 0 Å². The zero-order chi connectivity index (χ0) is 22.9. The molecule has 0 aromatic heterocycles. The first kappa shape index (κ1) is 29.5. The average molecular weight is 455 g/mol. The summed E-state index contributed by atoms with van der Waals surface area (Å²) < 4.78 is 33.2. The van der Waals surface area contributed by atoms with Gasteiger partial charge in [0.1, 0.15) is 19.3 Å². The Hall–Kier alpha value is -0.500. The van der Waals surface area contributed by atoms with E-state index in [9.17, 15) is 14.3 Å². The highest BCUT2D eigenvalue weighted by Crippen LogP contribution is 2.43. The summed E-state index contributed by atoms with van der Waals surface area (Å²) in [5.74, 6) is -0.492. The number of quaternary nitrogens is 1. The van der Waals surface area contributed by atoms with E-state index >= 15 is 0 Å². The minimum Gasteiger partial charge on any atom is -0.458 e. The van der Waals surface area contributed by atoms with E-state index in [4.69, 9.17) is 18.5 Å². The standard InChI is InChI=1S/C21H44NO7P/c1-6-7-8-9-10-11-12-13-14-16-26-18-21(29-20(2)23)19-28-30(24,25)27-17-15-22(3,4)5/h21H,6-19H2,1-5H3/p+1. The number of hydrogen-bond acceptors (Lipinski definition) is 6. The molecule has 0 saturated heterocycles. The summed E-state index contributed by atoms with van der Waals surface area (Å²) in [6, 6.07) is 0. The molecule has 2 atom stereocenters. The summed E-state index contributed by atoms with van der Waals surface area (Å²) in [6.07, 6.45) is 10.3. The fraction of sp³-hybridized carbons (Fsp3) is 0.952. The number of rotatable bonds is 20. The molecular formula is C21H45NO7P+. The first-order chi connectivity index (χ1) is 14.1. The first-order valence-corrected chi connectivity index (χ1v) is 12.7. The van der Waals surface area contributed by atoms with E-state index in [1.807, 2.05) is 21.1 Å². The molecule has 0 saturated carbocycles. The van der Waals surface area contributed by atoms with Crippen LogP contribution in [0.1, 0.15) is 71.6 Å². The van der Waals surface area contributed by atoms with Crippen LogP contribution in [0.4, 0.5) is 0 Å². The Morgan fingerprint density at radius 3 is 2.00 bits per heavy atom. The third-order valence-corrected chi connectivity index (χ3v) is 5.45. The van der Waals surface area contributed by atoms with Crippen molar-refractivity contribution in [3.8, 4) is 0 Å². The van der Waals surface area contributed by atoms with Gasteiger partial charge in [0.15, 0.2) is 0 Å². The molecule has 8 nitrogen and oxygen atoms in total. The zero-order valence-electron chi connectivity index (χ0n) is 19.8. The molecule has 30 heavy (non-hydrogen) atoms. The molecule has 0 aliphatic rings. The van der Waals surface area contributed by atoms with Gasteiger partial charge in [0.05, 0.1) is 34.4 Å². The van der Waals surface area contributed by atoms with Crippen LogP contribution < -0.4 is 0 Å². The number of esters is 1. The lowest BCUT2D eigenvalue weighted by atomic mass is 10.1. The van der Waals surface area contributed by atoms with Gasteiger partial charge in [-0.3, -0.25) is 13.8 Å². The number of ether oxygens (including phenoxy) is 2. The van der Waals surface area contributed by atoms with Gasteiger partial charge >= 0.3 is 13.8 Å². The van der Waals surface area contributed by atoms with Gasteiger partial charge in [-0.05, 0) is 6.42 Å².